The Morgan fingerprint density at radius 3 is 2.30 bits per heavy atom. The summed E-state index contributed by atoms with van der Waals surface area (Å²) in [7, 11) is 2.75. The minimum Gasteiger partial charge on any atom is -0.496 e. The normalized spacial score (nSPS) is 12.0. The van der Waals surface area contributed by atoms with E-state index in [4.69, 9.17) is 14.2 Å². The van der Waals surface area contributed by atoms with Crippen molar-refractivity contribution in [3.05, 3.63) is 42.0 Å². The first-order chi connectivity index (χ1) is 10.7. The summed E-state index contributed by atoms with van der Waals surface area (Å²) >= 11 is 0. The molecule has 0 aliphatic rings. The van der Waals surface area contributed by atoms with Crippen LogP contribution in [0.3, 0.4) is 0 Å². The van der Waals surface area contributed by atoms with Crippen molar-refractivity contribution in [2.24, 2.45) is 0 Å². The summed E-state index contributed by atoms with van der Waals surface area (Å²) in [6.45, 7) is 8.98. The van der Waals surface area contributed by atoms with Gasteiger partial charge in [0.15, 0.2) is 0 Å². The van der Waals surface area contributed by atoms with Crippen LogP contribution < -0.4 is 10.1 Å². The second-order valence-electron chi connectivity index (χ2n) is 5.84. The molecule has 126 valence electrons. The summed E-state index contributed by atoms with van der Waals surface area (Å²) < 4.78 is 15.2. The molecule has 0 fully saturated rings. The van der Waals surface area contributed by atoms with Crippen molar-refractivity contribution in [1.82, 2.24) is 5.32 Å². The number of hydrogen-bond donors (Lipinski definition) is 1. The molecule has 0 radical (unpaired) electrons. The van der Waals surface area contributed by atoms with Crippen LogP contribution >= 0.6 is 0 Å². The molecule has 1 amide bonds. The van der Waals surface area contributed by atoms with Gasteiger partial charge >= 0.3 is 12.1 Å². The Hall–Kier alpha value is -2.50. The number of rotatable bonds is 5. The second-order valence-corrected chi connectivity index (χ2v) is 5.84. The predicted molar refractivity (Wildman–Crippen MR) is 86.3 cm³/mol. The summed E-state index contributed by atoms with van der Waals surface area (Å²) in [5, 5.41) is 2.64. The molecule has 0 aliphatic heterocycles. The minimum absolute atomic E-state index is 0.0721. The van der Waals surface area contributed by atoms with E-state index in [2.05, 4.69) is 11.9 Å². The van der Waals surface area contributed by atoms with Crippen LogP contribution in [0.25, 0.3) is 0 Å². The van der Waals surface area contributed by atoms with E-state index in [0.717, 1.165) is 0 Å². The lowest BCUT2D eigenvalue weighted by molar-refractivity contribution is -0.136. The van der Waals surface area contributed by atoms with Gasteiger partial charge in [0.2, 0.25) is 0 Å². The smallest absolute Gasteiger partial charge is 0.408 e. The Labute approximate surface area is 136 Å². The Bertz CT molecular complexity index is 589. The number of esters is 1. The number of nitrogens with one attached hydrogen (secondary N) is 1. The van der Waals surface area contributed by atoms with Crippen molar-refractivity contribution in [1.29, 1.82) is 0 Å². The topological polar surface area (TPSA) is 73.9 Å². The van der Waals surface area contributed by atoms with Crippen LogP contribution in [0.4, 0.5) is 4.79 Å². The maximum atomic E-state index is 12.1. The van der Waals surface area contributed by atoms with E-state index in [9.17, 15) is 9.59 Å². The summed E-state index contributed by atoms with van der Waals surface area (Å²) in [4.78, 5) is 23.9. The molecule has 1 aromatic rings. The zero-order chi connectivity index (χ0) is 17.6. The number of benzene rings is 1. The molecule has 1 aromatic carbocycles. The van der Waals surface area contributed by atoms with Crippen molar-refractivity contribution >= 4 is 12.1 Å². The standard InChI is InChI=1S/C17H23NO5/c1-11(15(19)22-6)14(18-16(20)23-17(2,3)4)12-9-7-8-10-13(12)21-5/h7-10,14H,1H2,2-6H3,(H,18,20). The van der Waals surface area contributed by atoms with Gasteiger partial charge in [0.05, 0.1) is 25.8 Å². The number of ether oxygens (including phenoxy) is 3. The molecule has 1 unspecified atom stereocenters. The van der Waals surface area contributed by atoms with E-state index in [1.54, 1.807) is 45.0 Å². The van der Waals surface area contributed by atoms with E-state index >= 15 is 0 Å². The number of amides is 1. The Kier molecular flexibility index (Phi) is 6.18. The zero-order valence-electron chi connectivity index (χ0n) is 14.1. The lowest BCUT2D eigenvalue weighted by Gasteiger charge is -2.25. The largest absolute Gasteiger partial charge is 0.496 e. The van der Waals surface area contributed by atoms with Gasteiger partial charge in [-0.3, -0.25) is 0 Å². The average Bonchev–Trinajstić information content (AvgIpc) is 2.49. The van der Waals surface area contributed by atoms with Crippen molar-refractivity contribution in [2.45, 2.75) is 32.4 Å². The van der Waals surface area contributed by atoms with Crippen LogP contribution in [0.5, 0.6) is 5.75 Å². The first kappa shape index (κ1) is 18.5. The maximum absolute atomic E-state index is 12.1. The number of carbonyl (C=O) groups is 2. The zero-order valence-corrected chi connectivity index (χ0v) is 14.1. The van der Waals surface area contributed by atoms with Crippen LogP contribution in [-0.2, 0) is 14.3 Å². The molecule has 0 bridgehead atoms. The third-order valence-electron chi connectivity index (χ3n) is 2.91. The van der Waals surface area contributed by atoms with Gasteiger partial charge in [0, 0.05) is 5.56 Å². The first-order valence-electron chi connectivity index (χ1n) is 7.09. The highest BCUT2D eigenvalue weighted by Crippen LogP contribution is 2.30. The molecule has 0 aromatic heterocycles. The minimum atomic E-state index is -0.826. The van der Waals surface area contributed by atoms with Gasteiger partial charge in [-0.25, -0.2) is 9.59 Å². The maximum Gasteiger partial charge on any atom is 0.408 e. The molecule has 1 rings (SSSR count). The van der Waals surface area contributed by atoms with Crippen molar-refractivity contribution in [3.63, 3.8) is 0 Å². The molecule has 1 N–H and O–H groups in total. The molecule has 0 saturated carbocycles. The number of hydrogen-bond acceptors (Lipinski definition) is 5. The molecule has 0 aliphatic carbocycles. The molecule has 0 saturated heterocycles. The van der Waals surface area contributed by atoms with Gasteiger partial charge in [-0.15, -0.1) is 0 Å². The average molecular weight is 321 g/mol. The summed E-state index contributed by atoms with van der Waals surface area (Å²) in [5.41, 5.74) is -0.0127. The van der Waals surface area contributed by atoms with Gasteiger partial charge in [0.1, 0.15) is 11.4 Å². The molecular weight excluding hydrogens is 298 g/mol. The highest BCUT2D eigenvalue weighted by molar-refractivity contribution is 5.90. The third-order valence-corrected chi connectivity index (χ3v) is 2.91. The van der Waals surface area contributed by atoms with E-state index in [1.165, 1.54) is 14.2 Å². The Morgan fingerprint density at radius 1 is 1.17 bits per heavy atom. The SMILES string of the molecule is C=C(C(=O)OC)C(NC(=O)OC(C)(C)C)c1ccccc1OC. The van der Waals surface area contributed by atoms with Gasteiger partial charge < -0.3 is 19.5 Å². The van der Waals surface area contributed by atoms with E-state index in [1.807, 2.05) is 0 Å². The van der Waals surface area contributed by atoms with Crippen molar-refractivity contribution < 1.29 is 23.8 Å². The monoisotopic (exact) mass is 321 g/mol. The highest BCUT2D eigenvalue weighted by atomic mass is 16.6. The molecular formula is C17H23NO5. The number of carbonyl (C=O) groups excluding carboxylic acids is 2. The molecule has 6 nitrogen and oxygen atoms in total. The summed E-state index contributed by atoms with van der Waals surface area (Å²) in [5.74, 6) is -0.115. The molecule has 0 spiro atoms. The third kappa shape index (κ3) is 5.32. The van der Waals surface area contributed by atoms with Crippen LogP contribution in [0, 0.1) is 0 Å². The van der Waals surface area contributed by atoms with E-state index < -0.39 is 23.7 Å². The fourth-order valence-electron chi connectivity index (χ4n) is 1.93. The molecule has 23 heavy (non-hydrogen) atoms. The quantitative estimate of drug-likeness (QED) is 0.666. The molecule has 0 heterocycles. The van der Waals surface area contributed by atoms with Crippen LogP contribution in [0.2, 0.25) is 0 Å². The second kappa shape index (κ2) is 7.67. The van der Waals surface area contributed by atoms with E-state index in [-0.39, 0.29) is 5.57 Å². The lowest BCUT2D eigenvalue weighted by atomic mass is 9.99. The predicted octanol–water partition coefficient (Wildman–Crippen LogP) is 2.99. The number of alkyl carbamates (subject to hydrolysis) is 1. The fraction of sp³-hybridized carbons (Fsp3) is 0.412. The van der Waals surface area contributed by atoms with Gasteiger partial charge in [-0.05, 0) is 26.8 Å². The Morgan fingerprint density at radius 2 is 1.78 bits per heavy atom. The van der Waals surface area contributed by atoms with Crippen LogP contribution in [0.1, 0.15) is 32.4 Å². The van der Waals surface area contributed by atoms with Crippen molar-refractivity contribution in [2.75, 3.05) is 14.2 Å². The fourth-order valence-corrected chi connectivity index (χ4v) is 1.93. The number of para-hydroxylation sites is 1. The van der Waals surface area contributed by atoms with Gasteiger partial charge in [-0.1, -0.05) is 24.8 Å². The molecule has 1 atom stereocenters. The van der Waals surface area contributed by atoms with Gasteiger partial charge in [0.25, 0.3) is 0 Å². The summed E-state index contributed by atoms with van der Waals surface area (Å²) in [6, 6.07) is 6.19. The van der Waals surface area contributed by atoms with Crippen molar-refractivity contribution in [3.8, 4) is 5.75 Å². The van der Waals surface area contributed by atoms with Gasteiger partial charge in [-0.2, -0.15) is 0 Å². The Balaban J connectivity index is 3.15. The lowest BCUT2D eigenvalue weighted by Crippen LogP contribution is -2.37. The highest BCUT2D eigenvalue weighted by Gasteiger charge is 2.28. The summed E-state index contributed by atoms with van der Waals surface area (Å²) in [6.07, 6.45) is -0.668. The molecule has 6 heteroatoms. The van der Waals surface area contributed by atoms with Crippen LogP contribution in [0.15, 0.2) is 36.4 Å². The van der Waals surface area contributed by atoms with Crippen LogP contribution in [-0.4, -0.2) is 31.9 Å². The van der Waals surface area contributed by atoms with E-state index in [0.29, 0.717) is 11.3 Å². The first-order valence-corrected chi connectivity index (χ1v) is 7.09. The number of methoxy groups -OCH3 is 2.